The number of nitrogens with two attached hydrogens (primary N) is 1. The molecule has 88 valence electrons. The summed E-state index contributed by atoms with van der Waals surface area (Å²) in [6.45, 7) is 3.91. The van der Waals surface area contributed by atoms with Crippen molar-refractivity contribution >= 4 is 11.6 Å². The minimum atomic E-state index is 0.395. The first-order chi connectivity index (χ1) is 7.72. The molecule has 0 saturated carbocycles. The van der Waals surface area contributed by atoms with Crippen LogP contribution < -0.4 is 15.4 Å². The molecule has 2 rings (SSSR count). The van der Waals surface area contributed by atoms with Crippen LogP contribution in [0.1, 0.15) is 0 Å². The molecule has 0 radical (unpaired) electrons. The van der Waals surface area contributed by atoms with Crippen molar-refractivity contribution in [2.75, 3.05) is 51.0 Å². The maximum atomic E-state index is 5.75. The van der Waals surface area contributed by atoms with Gasteiger partial charge >= 0.3 is 0 Å². The summed E-state index contributed by atoms with van der Waals surface area (Å²) in [7, 11) is 3.71. The minimum Gasteiger partial charge on any atom is -0.490 e. The smallest absolute Gasteiger partial charge is 0.204 e. The van der Waals surface area contributed by atoms with Crippen molar-refractivity contribution in [3.63, 3.8) is 0 Å². The zero-order chi connectivity index (χ0) is 11.5. The van der Waals surface area contributed by atoms with Gasteiger partial charge in [-0.3, -0.25) is 0 Å². The molecule has 0 amide bonds. The Morgan fingerprint density at radius 1 is 1.25 bits per heavy atom. The lowest BCUT2D eigenvalue weighted by atomic mass is 10.3. The summed E-state index contributed by atoms with van der Waals surface area (Å²) in [5, 5.41) is 0. The molecule has 1 aliphatic rings. The first-order valence-electron chi connectivity index (χ1n) is 5.30. The molecule has 0 atom stereocenters. The lowest BCUT2D eigenvalue weighted by Gasteiger charge is -2.33. The van der Waals surface area contributed by atoms with E-state index in [1.807, 2.05) is 0 Å². The number of rotatable bonds is 2. The molecule has 6 heteroatoms. The second kappa shape index (κ2) is 4.52. The Labute approximate surface area is 95.0 Å². The van der Waals surface area contributed by atoms with E-state index in [-0.39, 0.29) is 0 Å². The van der Waals surface area contributed by atoms with Gasteiger partial charge in [-0.05, 0) is 7.05 Å². The van der Waals surface area contributed by atoms with Crippen LogP contribution in [0.15, 0.2) is 6.33 Å². The Morgan fingerprint density at radius 3 is 2.56 bits per heavy atom. The number of aromatic nitrogens is 2. The summed E-state index contributed by atoms with van der Waals surface area (Å²) in [5.74, 6) is 1.77. The zero-order valence-corrected chi connectivity index (χ0v) is 9.68. The largest absolute Gasteiger partial charge is 0.490 e. The van der Waals surface area contributed by atoms with Crippen molar-refractivity contribution in [1.29, 1.82) is 0 Å². The van der Waals surface area contributed by atoms with Gasteiger partial charge in [0.2, 0.25) is 5.75 Å². The first-order valence-corrected chi connectivity index (χ1v) is 5.30. The van der Waals surface area contributed by atoms with Crippen molar-refractivity contribution in [1.82, 2.24) is 14.9 Å². The standard InChI is InChI=1S/C10H17N5O/c1-14-3-5-15(6-4-14)10-8(16-2)9(11)12-7-13-10/h7H,3-6H2,1-2H3,(H2,11,12,13). The summed E-state index contributed by atoms with van der Waals surface area (Å²) in [6, 6.07) is 0. The van der Waals surface area contributed by atoms with Gasteiger partial charge in [-0.25, -0.2) is 9.97 Å². The molecule has 2 heterocycles. The summed E-state index contributed by atoms with van der Waals surface area (Å²) < 4.78 is 5.25. The Balaban J connectivity index is 2.23. The van der Waals surface area contributed by atoms with Crippen LogP contribution in [0.4, 0.5) is 11.6 Å². The SMILES string of the molecule is COc1c(N)ncnc1N1CCN(C)CC1. The maximum absolute atomic E-state index is 5.75. The van der Waals surface area contributed by atoms with Crippen molar-refractivity contribution in [3.8, 4) is 5.75 Å². The highest BCUT2D eigenvalue weighted by Crippen LogP contribution is 2.30. The predicted molar refractivity (Wildman–Crippen MR) is 62.7 cm³/mol. The normalized spacial score (nSPS) is 17.5. The maximum Gasteiger partial charge on any atom is 0.204 e. The number of anilines is 2. The molecule has 0 spiro atoms. The van der Waals surface area contributed by atoms with Crippen LogP contribution in [0.3, 0.4) is 0 Å². The molecule has 1 fully saturated rings. The fourth-order valence-electron chi connectivity index (χ4n) is 1.82. The molecule has 1 saturated heterocycles. The molecule has 0 aliphatic carbocycles. The summed E-state index contributed by atoms with van der Waals surface area (Å²) >= 11 is 0. The average molecular weight is 223 g/mol. The molecule has 1 aliphatic heterocycles. The lowest BCUT2D eigenvalue weighted by Crippen LogP contribution is -2.45. The monoisotopic (exact) mass is 223 g/mol. The predicted octanol–water partition coefficient (Wildman–Crippen LogP) is -0.181. The number of ether oxygens (including phenoxy) is 1. The van der Waals surface area contributed by atoms with Crippen molar-refractivity contribution in [3.05, 3.63) is 6.33 Å². The van der Waals surface area contributed by atoms with Gasteiger partial charge in [0.1, 0.15) is 6.33 Å². The highest BCUT2D eigenvalue weighted by molar-refractivity contribution is 5.62. The van der Waals surface area contributed by atoms with Gasteiger partial charge in [0.15, 0.2) is 11.6 Å². The molecule has 16 heavy (non-hydrogen) atoms. The van der Waals surface area contributed by atoms with Crippen molar-refractivity contribution in [2.45, 2.75) is 0 Å². The highest BCUT2D eigenvalue weighted by atomic mass is 16.5. The number of likely N-dealkylation sites (N-methyl/N-ethyl adjacent to an activating group) is 1. The third-order valence-corrected chi connectivity index (χ3v) is 2.82. The van der Waals surface area contributed by atoms with Crippen LogP contribution in [-0.4, -0.2) is 55.2 Å². The minimum absolute atomic E-state index is 0.395. The molecular weight excluding hydrogens is 206 g/mol. The molecule has 2 N–H and O–H groups in total. The summed E-state index contributed by atoms with van der Waals surface area (Å²) in [6.07, 6.45) is 1.48. The van der Waals surface area contributed by atoms with Crippen molar-refractivity contribution in [2.24, 2.45) is 0 Å². The Morgan fingerprint density at radius 2 is 1.94 bits per heavy atom. The van der Waals surface area contributed by atoms with E-state index in [0.29, 0.717) is 11.6 Å². The van der Waals surface area contributed by atoms with Crippen LogP contribution in [-0.2, 0) is 0 Å². The van der Waals surface area contributed by atoms with Crippen molar-refractivity contribution < 1.29 is 4.74 Å². The van der Waals surface area contributed by atoms with E-state index >= 15 is 0 Å². The number of piperazine rings is 1. The van der Waals surface area contributed by atoms with Crippen LogP contribution in [0.5, 0.6) is 5.75 Å². The summed E-state index contributed by atoms with van der Waals surface area (Å²) in [4.78, 5) is 12.6. The third kappa shape index (κ3) is 2.01. The third-order valence-electron chi connectivity index (χ3n) is 2.82. The van der Waals surface area contributed by atoms with Crippen LogP contribution in [0.25, 0.3) is 0 Å². The Kier molecular flexibility index (Phi) is 3.09. The fraction of sp³-hybridized carbons (Fsp3) is 0.600. The molecule has 1 aromatic heterocycles. The second-order valence-electron chi connectivity index (χ2n) is 3.91. The Hall–Kier alpha value is -1.56. The number of methoxy groups -OCH3 is 1. The van der Waals surface area contributed by atoms with E-state index in [2.05, 4.69) is 26.8 Å². The molecule has 0 aromatic carbocycles. The van der Waals surface area contributed by atoms with E-state index in [0.717, 1.165) is 32.0 Å². The summed E-state index contributed by atoms with van der Waals surface area (Å²) in [5.41, 5.74) is 5.75. The Bertz CT molecular complexity index is 362. The number of hydrogen-bond acceptors (Lipinski definition) is 6. The van der Waals surface area contributed by atoms with Gasteiger partial charge in [0, 0.05) is 26.2 Å². The van der Waals surface area contributed by atoms with E-state index in [9.17, 15) is 0 Å². The fourth-order valence-corrected chi connectivity index (χ4v) is 1.82. The van der Waals surface area contributed by atoms with Crippen LogP contribution in [0.2, 0.25) is 0 Å². The highest BCUT2D eigenvalue weighted by Gasteiger charge is 2.20. The van der Waals surface area contributed by atoms with Gasteiger partial charge < -0.3 is 20.3 Å². The zero-order valence-electron chi connectivity index (χ0n) is 9.68. The van der Waals surface area contributed by atoms with E-state index < -0.39 is 0 Å². The van der Waals surface area contributed by atoms with E-state index in [4.69, 9.17) is 10.5 Å². The first kappa shape index (κ1) is 10.9. The number of nitrogens with zero attached hydrogens (tertiary/aromatic N) is 4. The number of hydrogen-bond donors (Lipinski definition) is 1. The molecule has 1 aromatic rings. The van der Waals surface area contributed by atoms with Crippen LogP contribution in [0, 0.1) is 0 Å². The second-order valence-corrected chi connectivity index (χ2v) is 3.91. The van der Waals surface area contributed by atoms with E-state index in [1.165, 1.54) is 6.33 Å². The average Bonchev–Trinajstić information content (AvgIpc) is 2.30. The molecular formula is C10H17N5O. The van der Waals surface area contributed by atoms with E-state index in [1.54, 1.807) is 7.11 Å². The topological polar surface area (TPSA) is 67.5 Å². The van der Waals surface area contributed by atoms with Gasteiger partial charge in [0.25, 0.3) is 0 Å². The number of nitrogen functional groups attached to an aromatic ring is 1. The molecule has 6 nitrogen and oxygen atoms in total. The van der Waals surface area contributed by atoms with Crippen LogP contribution >= 0.6 is 0 Å². The quantitative estimate of drug-likeness (QED) is 0.750. The van der Waals surface area contributed by atoms with Gasteiger partial charge in [-0.15, -0.1) is 0 Å². The molecule has 0 bridgehead atoms. The van der Waals surface area contributed by atoms with Gasteiger partial charge in [0.05, 0.1) is 7.11 Å². The van der Waals surface area contributed by atoms with Gasteiger partial charge in [-0.1, -0.05) is 0 Å². The molecule has 0 unspecified atom stereocenters. The van der Waals surface area contributed by atoms with Gasteiger partial charge in [-0.2, -0.15) is 0 Å². The lowest BCUT2D eigenvalue weighted by molar-refractivity contribution is 0.310.